The van der Waals surface area contributed by atoms with Gasteiger partial charge in [0, 0.05) is 0 Å². The van der Waals surface area contributed by atoms with Crippen LogP contribution in [0.2, 0.25) is 0 Å². The second kappa shape index (κ2) is 4.99. The van der Waals surface area contributed by atoms with E-state index in [-0.39, 0.29) is 13.2 Å². The quantitative estimate of drug-likeness (QED) is 0.868. The number of hydrogen-bond acceptors (Lipinski definition) is 3. The van der Waals surface area contributed by atoms with E-state index in [1.807, 2.05) is 0 Å². The van der Waals surface area contributed by atoms with Gasteiger partial charge in [-0.15, -0.1) is 0 Å². The van der Waals surface area contributed by atoms with Crippen LogP contribution in [-0.2, 0) is 4.79 Å². The average molecular weight is 243 g/mol. The molecule has 1 N–H and O–H groups in total. The molecule has 0 bridgehead atoms. The summed E-state index contributed by atoms with van der Waals surface area (Å²) in [6.45, 7) is 0.220. The van der Waals surface area contributed by atoms with Gasteiger partial charge in [-0.05, 0) is 12.1 Å². The van der Waals surface area contributed by atoms with Crippen molar-refractivity contribution in [3.63, 3.8) is 0 Å². The third kappa shape index (κ3) is 2.83. The third-order valence-corrected chi connectivity index (χ3v) is 2.27. The fourth-order valence-corrected chi connectivity index (χ4v) is 1.46. The third-order valence-electron chi connectivity index (χ3n) is 2.27. The first-order chi connectivity index (χ1) is 8.16. The summed E-state index contributed by atoms with van der Waals surface area (Å²) in [6, 6.07) is 7.06. The Bertz CT molecular complexity index is 411. The van der Waals surface area contributed by atoms with Crippen LogP contribution in [0.1, 0.15) is 0 Å². The van der Waals surface area contributed by atoms with Gasteiger partial charge in [-0.2, -0.15) is 8.78 Å². The second-order valence-corrected chi connectivity index (χ2v) is 3.54. The van der Waals surface area contributed by atoms with Crippen LogP contribution in [0.15, 0.2) is 24.3 Å². The van der Waals surface area contributed by atoms with Gasteiger partial charge >= 0.3 is 6.43 Å². The van der Waals surface area contributed by atoms with Crippen LogP contribution >= 0.6 is 0 Å². The molecule has 0 aliphatic carbocycles. The topological polar surface area (TPSA) is 47.6 Å². The Morgan fingerprint density at radius 2 is 2.12 bits per heavy atom. The molecule has 4 nitrogen and oxygen atoms in total. The van der Waals surface area contributed by atoms with Gasteiger partial charge < -0.3 is 14.8 Å². The lowest BCUT2D eigenvalue weighted by Crippen LogP contribution is -2.42. The van der Waals surface area contributed by atoms with Crippen molar-refractivity contribution < 1.29 is 23.0 Å². The zero-order valence-electron chi connectivity index (χ0n) is 8.86. The van der Waals surface area contributed by atoms with Crippen LogP contribution in [0.3, 0.4) is 0 Å². The molecule has 6 heteroatoms. The van der Waals surface area contributed by atoms with Gasteiger partial charge in [-0.3, -0.25) is 4.79 Å². The molecule has 1 amide bonds. The van der Waals surface area contributed by atoms with Gasteiger partial charge in [0.15, 0.2) is 11.5 Å². The van der Waals surface area contributed by atoms with Crippen molar-refractivity contribution in [1.82, 2.24) is 5.32 Å². The number of hydrogen-bond donors (Lipinski definition) is 1. The number of para-hydroxylation sites is 2. The maximum Gasteiger partial charge on any atom is 0.315 e. The van der Waals surface area contributed by atoms with Gasteiger partial charge in [-0.1, -0.05) is 12.1 Å². The molecule has 17 heavy (non-hydrogen) atoms. The molecule has 1 aromatic carbocycles. The van der Waals surface area contributed by atoms with Crippen molar-refractivity contribution in [2.24, 2.45) is 0 Å². The first-order valence-electron chi connectivity index (χ1n) is 5.11. The first kappa shape index (κ1) is 11.6. The predicted molar refractivity (Wildman–Crippen MR) is 55.4 cm³/mol. The lowest BCUT2D eigenvalue weighted by molar-refractivity contribution is -0.132. The lowest BCUT2D eigenvalue weighted by Gasteiger charge is -2.26. The van der Waals surface area contributed by atoms with Crippen molar-refractivity contribution in [1.29, 1.82) is 0 Å². The summed E-state index contributed by atoms with van der Waals surface area (Å²) >= 11 is 0. The Kier molecular flexibility index (Phi) is 3.41. The Morgan fingerprint density at radius 3 is 2.82 bits per heavy atom. The van der Waals surface area contributed by atoms with Crippen LogP contribution in [0.4, 0.5) is 8.78 Å². The van der Waals surface area contributed by atoms with Crippen LogP contribution in [0.5, 0.6) is 11.5 Å². The van der Waals surface area contributed by atoms with E-state index in [0.29, 0.717) is 11.5 Å². The minimum atomic E-state index is -3.01. The Labute approximate surface area is 96.5 Å². The number of benzene rings is 1. The zero-order valence-corrected chi connectivity index (χ0v) is 8.86. The molecule has 92 valence electrons. The smallest absolute Gasteiger partial charge is 0.315 e. The summed E-state index contributed by atoms with van der Waals surface area (Å²) in [5, 5.41) is 2.09. The SMILES string of the molecule is O=C(NCC1COc2ccccc2O1)C(F)F. The Hall–Kier alpha value is -1.85. The standard InChI is InChI=1S/C11H11F2NO3/c12-10(13)11(15)14-5-7-6-16-8-3-1-2-4-9(8)17-7/h1-4,7,10H,5-6H2,(H,14,15). The fraction of sp³-hybridized carbons (Fsp3) is 0.364. The summed E-state index contributed by atoms with van der Waals surface area (Å²) in [5.74, 6) is -0.133. The molecule has 1 aromatic rings. The summed E-state index contributed by atoms with van der Waals surface area (Å²) in [4.78, 5) is 10.7. The maximum atomic E-state index is 11.9. The Balaban J connectivity index is 1.88. The number of rotatable bonds is 3. The minimum Gasteiger partial charge on any atom is -0.486 e. The molecule has 1 unspecified atom stereocenters. The Morgan fingerprint density at radius 1 is 1.41 bits per heavy atom. The summed E-state index contributed by atoms with van der Waals surface area (Å²) in [6.07, 6.45) is -3.46. The molecular formula is C11H11F2NO3. The molecule has 0 radical (unpaired) electrons. The summed E-state index contributed by atoms with van der Waals surface area (Å²) in [7, 11) is 0. The fourth-order valence-electron chi connectivity index (χ4n) is 1.46. The highest BCUT2D eigenvalue weighted by molar-refractivity contribution is 5.79. The monoisotopic (exact) mass is 243 g/mol. The lowest BCUT2D eigenvalue weighted by atomic mass is 10.2. The number of carbonyl (C=O) groups excluding carboxylic acids is 1. The van der Waals surface area contributed by atoms with E-state index in [1.165, 1.54) is 0 Å². The molecule has 2 rings (SSSR count). The minimum absolute atomic E-state index is 0.00247. The second-order valence-electron chi connectivity index (χ2n) is 3.54. The number of carbonyl (C=O) groups is 1. The summed E-state index contributed by atoms with van der Waals surface area (Å²) < 4.78 is 34.7. The molecule has 0 saturated heterocycles. The number of amides is 1. The molecule has 0 saturated carbocycles. The highest BCUT2D eigenvalue weighted by Gasteiger charge is 2.22. The van der Waals surface area contributed by atoms with Crippen molar-refractivity contribution in [3.05, 3.63) is 24.3 Å². The van der Waals surface area contributed by atoms with E-state index in [4.69, 9.17) is 9.47 Å². The van der Waals surface area contributed by atoms with Gasteiger partial charge in [0.2, 0.25) is 0 Å². The van der Waals surface area contributed by atoms with E-state index in [2.05, 4.69) is 5.32 Å². The molecular weight excluding hydrogens is 232 g/mol. The first-order valence-corrected chi connectivity index (χ1v) is 5.11. The van der Waals surface area contributed by atoms with Crippen molar-refractivity contribution >= 4 is 5.91 Å². The van der Waals surface area contributed by atoms with Crippen molar-refractivity contribution in [2.45, 2.75) is 12.5 Å². The highest BCUT2D eigenvalue weighted by atomic mass is 19.3. The van der Waals surface area contributed by atoms with Gasteiger partial charge in [0.25, 0.3) is 5.91 Å². The normalized spacial score (nSPS) is 17.9. The average Bonchev–Trinajstić information content (AvgIpc) is 2.35. The molecule has 0 fully saturated rings. The van der Waals surface area contributed by atoms with Gasteiger partial charge in [0.05, 0.1) is 6.54 Å². The van der Waals surface area contributed by atoms with Crippen LogP contribution in [-0.4, -0.2) is 31.6 Å². The van der Waals surface area contributed by atoms with Crippen LogP contribution < -0.4 is 14.8 Å². The number of fused-ring (bicyclic) bond motifs is 1. The van der Waals surface area contributed by atoms with Gasteiger partial charge in [0.1, 0.15) is 12.7 Å². The van der Waals surface area contributed by atoms with E-state index < -0.39 is 18.4 Å². The highest BCUT2D eigenvalue weighted by Crippen LogP contribution is 2.30. The number of nitrogens with one attached hydrogen (secondary N) is 1. The molecule has 0 aromatic heterocycles. The molecule has 1 heterocycles. The largest absolute Gasteiger partial charge is 0.486 e. The van der Waals surface area contributed by atoms with Crippen LogP contribution in [0, 0.1) is 0 Å². The summed E-state index contributed by atoms with van der Waals surface area (Å²) in [5.41, 5.74) is 0. The van der Waals surface area contributed by atoms with Crippen LogP contribution in [0.25, 0.3) is 0 Å². The van der Waals surface area contributed by atoms with E-state index in [9.17, 15) is 13.6 Å². The molecule has 0 spiro atoms. The zero-order chi connectivity index (χ0) is 12.3. The van der Waals surface area contributed by atoms with Crippen molar-refractivity contribution in [3.8, 4) is 11.5 Å². The van der Waals surface area contributed by atoms with E-state index in [0.717, 1.165) is 0 Å². The molecule has 1 atom stereocenters. The molecule has 1 aliphatic heterocycles. The van der Waals surface area contributed by atoms with Crippen molar-refractivity contribution in [2.75, 3.05) is 13.2 Å². The van der Waals surface area contributed by atoms with Gasteiger partial charge in [-0.25, -0.2) is 0 Å². The maximum absolute atomic E-state index is 11.9. The number of alkyl halides is 2. The van der Waals surface area contributed by atoms with E-state index >= 15 is 0 Å². The molecule has 1 aliphatic rings. The van der Waals surface area contributed by atoms with E-state index in [1.54, 1.807) is 24.3 Å². The number of halogens is 2. The predicted octanol–water partition coefficient (Wildman–Crippen LogP) is 1.21. The number of ether oxygens (including phenoxy) is 2.